The second kappa shape index (κ2) is 8.08. The Bertz CT molecular complexity index is 873. The van der Waals surface area contributed by atoms with E-state index >= 15 is 0 Å². The van der Waals surface area contributed by atoms with Gasteiger partial charge in [0.05, 0.1) is 16.1 Å². The smallest absolute Gasteiger partial charge is 0.387 e. The van der Waals surface area contributed by atoms with Crippen LogP contribution in [0.15, 0.2) is 24.4 Å². The highest BCUT2D eigenvalue weighted by Crippen LogP contribution is 2.34. The molecule has 1 aromatic carbocycles. The van der Waals surface area contributed by atoms with Gasteiger partial charge in [-0.15, -0.1) is 0 Å². The standard InChI is InChI=1S/C18H17ClF4N2O3/c19-12-6-9-5-10(8-24-13(9)7-14(12)28-17(22)23)15(26)25-11-1-3-18(27,4-2-11)16(20)21/h5-8,11,16-17,27H,1-4H2,(H,25,26). The number of fused-ring (bicyclic) bond motifs is 1. The Balaban J connectivity index is 1.70. The molecule has 1 heterocycles. The van der Waals surface area contributed by atoms with Crippen molar-refractivity contribution in [1.82, 2.24) is 10.3 Å². The fourth-order valence-corrected chi connectivity index (χ4v) is 3.41. The Morgan fingerprint density at radius 1 is 1.25 bits per heavy atom. The minimum absolute atomic E-state index is 0.0503. The minimum atomic E-state index is -3.03. The zero-order valence-corrected chi connectivity index (χ0v) is 15.2. The lowest BCUT2D eigenvalue weighted by Gasteiger charge is -2.35. The van der Waals surface area contributed by atoms with Crippen LogP contribution in [0, 0.1) is 0 Å². The molecule has 2 N–H and O–H groups in total. The van der Waals surface area contributed by atoms with Crippen LogP contribution in [0.25, 0.3) is 10.9 Å². The third-order valence-electron chi connectivity index (χ3n) is 4.81. The molecule has 0 radical (unpaired) electrons. The topological polar surface area (TPSA) is 71.5 Å². The average Bonchev–Trinajstić information content (AvgIpc) is 2.63. The van der Waals surface area contributed by atoms with Crippen LogP contribution in [0.2, 0.25) is 5.02 Å². The first-order valence-corrected chi connectivity index (χ1v) is 8.91. The molecule has 3 rings (SSSR count). The molecule has 1 amide bonds. The number of pyridine rings is 1. The molecule has 1 aliphatic carbocycles. The number of aliphatic hydroxyl groups is 1. The van der Waals surface area contributed by atoms with Crippen molar-refractivity contribution >= 4 is 28.4 Å². The molecule has 0 saturated heterocycles. The van der Waals surface area contributed by atoms with E-state index in [9.17, 15) is 27.5 Å². The predicted molar refractivity (Wildman–Crippen MR) is 94.1 cm³/mol. The van der Waals surface area contributed by atoms with Crippen molar-refractivity contribution in [2.45, 2.75) is 50.4 Å². The van der Waals surface area contributed by atoms with Crippen LogP contribution >= 0.6 is 11.6 Å². The Kier molecular flexibility index (Phi) is 5.95. The summed E-state index contributed by atoms with van der Waals surface area (Å²) in [6.45, 7) is -3.03. The van der Waals surface area contributed by atoms with Crippen molar-refractivity contribution < 1.29 is 32.2 Å². The molecule has 0 spiro atoms. The Morgan fingerprint density at radius 2 is 1.93 bits per heavy atom. The number of carbonyl (C=O) groups excluding carboxylic acids is 1. The SMILES string of the molecule is O=C(NC1CCC(O)(C(F)F)CC1)c1cnc2cc(OC(F)F)c(Cl)cc2c1. The number of hydrogen-bond acceptors (Lipinski definition) is 4. The molecule has 0 aliphatic heterocycles. The number of alkyl halides is 4. The van der Waals surface area contributed by atoms with E-state index in [4.69, 9.17) is 11.6 Å². The number of nitrogens with zero attached hydrogens (tertiary/aromatic N) is 1. The lowest BCUT2D eigenvalue weighted by atomic mass is 9.82. The van der Waals surface area contributed by atoms with Crippen molar-refractivity contribution in [3.8, 4) is 5.75 Å². The lowest BCUT2D eigenvalue weighted by Crippen LogP contribution is -2.46. The highest BCUT2D eigenvalue weighted by Gasteiger charge is 2.41. The number of halogens is 5. The van der Waals surface area contributed by atoms with Gasteiger partial charge in [0.1, 0.15) is 11.4 Å². The van der Waals surface area contributed by atoms with E-state index in [0.717, 1.165) is 0 Å². The lowest BCUT2D eigenvalue weighted by molar-refractivity contribution is -0.119. The number of nitrogens with one attached hydrogen (secondary N) is 1. The maximum atomic E-state index is 12.8. The number of carbonyl (C=O) groups is 1. The first kappa shape index (κ1) is 20.6. The fourth-order valence-electron chi connectivity index (χ4n) is 3.19. The largest absolute Gasteiger partial charge is 0.433 e. The molecule has 1 saturated carbocycles. The number of ether oxygens (including phenoxy) is 1. The number of aromatic nitrogens is 1. The van der Waals surface area contributed by atoms with Crippen molar-refractivity contribution in [3.05, 3.63) is 35.0 Å². The van der Waals surface area contributed by atoms with E-state index in [0.29, 0.717) is 10.9 Å². The van der Waals surface area contributed by atoms with Gasteiger partial charge in [-0.3, -0.25) is 9.78 Å². The third-order valence-corrected chi connectivity index (χ3v) is 5.10. The van der Waals surface area contributed by atoms with Crippen LogP contribution in [0.3, 0.4) is 0 Å². The highest BCUT2D eigenvalue weighted by atomic mass is 35.5. The Hall–Kier alpha value is -2.13. The molecule has 0 atom stereocenters. The highest BCUT2D eigenvalue weighted by molar-refractivity contribution is 6.32. The molecule has 10 heteroatoms. The summed E-state index contributed by atoms with van der Waals surface area (Å²) in [6.07, 6.45) is -1.29. The summed E-state index contributed by atoms with van der Waals surface area (Å²) in [7, 11) is 0. The molecule has 0 bridgehead atoms. The van der Waals surface area contributed by atoms with Crippen LogP contribution in [-0.2, 0) is 0 Å². The van der Waals surface area contributed by atoms with Crippen LogP contribution in [0.4, 0.5) is 17.6 Å². The van der Waals surface area contributed by atoms with Crippen molar-refractivity contribution in [1.29, 1.82) is 0 Å². The molecule has 1 fully saturated rings. The number of benzene rings is 1. The normalized spacial score (nSPS) is 22.6. The maximum absolute atomic E-state index is 12.8. The van der Waals surface area contributed by atoms with Gasteiger partial charge in [-0.05, 0) is 37.8 Å². The molecule has 1 aliphatic rings. The first-order valence-electron chi connectivity index (χ1n) is 8.53. The summed E-state index contributed by atoms with van der Waals surface area (Å²) in [5.74, 6) is -0.673. The summed E-state index contributed by atoms with van der Waals surface area (Å²) in [4.78, 5) is 16.5. The van der Waals surface area contributed by atoms with Gasteiger partial charge in [-0.2, -0.15) is 8.78 Å². The summed E-state index contributed by atoms with van der Waals surface area (Å²) in [5, 5.41) is 12.9. The molecule has 1 aromatic heterocycles. The van der Waals surface area contributed by atoms with E-state index in [1.165, 1.54) is 24.4 Å². The number of amides is 1. The summed E-state index contributed by atoms with van der Waals surface area (Å²) < 4.78 is 54.7. The van der Waals surface area contributed by atoms with Gasteiger partial charge in [-0.25, -0.2) is 8.78 Å². The molecular formula is C18H17ClF4N2O3. The van der Waals surface area contributed by atoms with Gasteiger partial charge < -0.3 is 15.2 Å². The van der Waals surface area contributed by atoms with Crippen LogP contribution in [0.1, 0.15) is 36.0 Å². The monoisotopic (exact) mass is 420 g/mol. The number of rotatable bonds is 5. The molecule has 28 heavy (non-hydrogen) atoms. The fraction of sp³-hybridized carbons (Fsp3) is 0.444. The quantitative estimate of drug-likeness (QED) is 0.713. The zero-order valence-electron chi connectivity index (χ0n) is 14.5. The zero-order chi connectivity index (χ0) is 20.5. The van der Waals surface area contributed by atoms with Crippen LogP contribution in [0.5, 0.6) is 5.75 Å². The van der Waals surface area contributed by atoms with E-state index in [-0.39, 0.29) is 48.1 Å². The van der Waals surface area contributed by atoms with Crippen molar-refractivity contribution in [2.75, 3.05) is 0 Å². The summed E-state index contributed by atoms with van der Waals surface area (Å²) in [5.41, 5.74) is -1.47. The Labute approximate surface area is 162 Å². The minimum Gasteiger partial charge on any atom is -0.433 e. The molecule has 5 nitrogen and oxygen atoms in total. The van der Waals surface area contributed by atoms with Crippen LogP contribution < -0.4 is 10.1 Å². The second-order valence-corrected chi connectivity index (χ2v) is 7.14. The molecule has 0 unspecified atom stereocenters. The van der Waals surface area contributed by atoms with Crippen molar-refractivity contribution in [2.24, 2.45) is 0 Å². The van der Waals surface area contributed by atoms with E-state index in [1.807, 2.05) is 0 Å². The molecule has 152 valence electrons. The van der Waals surface area contributed by atoms with E-state index < -0.39 is 24.5 Å². The van der Waals surface area contributed by atoms with Gasteiger partial charge in [-0.1, -0.05) is 11.6 Å². The van der Waals surface area contributed by atoms with E-state index in [2.05, 4.69) is 15.0 Å². The maximum Gasteiger partial charge on any atom is 0.387 e. The average molecular weight is 421 g/mol. The predicted octanol–water partition coefficient (Wildman–Crippen LogP) is 4.16. The first-order chi connectivity index (χ1) is 13.2. The van der Waals surface area contributed by atoms with Gasteiger partial charge in [0.2, 0.25) is 0 Å². The number of hydrogen-bond donors (Lipinski definition) is 2. The Morgan fingerprint density at radius 3 is 2.54 bits per heavy atom. The second-order valence-electron chi connectivity index (χ2n) is 6.73. The molecular weight excluding hydrogens is 404 g/mol. The van der Waals surface area contributed by atoms with Crippen LogP contribution in [-0.4, -0.2) is 40.7 Å². The third kappa shape index (κ3) is 4.47. The van der Waals surface area contributed by atoms with E-state index in [1.54, 1.807) is 0 Å². The van der Waals surface area contributed by atoms with Gasteiger partial charge in [0.15, 0.2) is 0 Å². The van der Waals surface area contributed by atoms with Crippen molar-refractivity contribution in [3.63, 3.8) is 0 Å². The van der Waals surface area contributed by atoms with Gasteiger partial charge in [0.25, 0.3) is 12.3 Å². The summed E-state index contributed by atoms with van der Waals surface area (Å²) >= 11 is 5.92. The van der Waals surface area contributed by atoms with Gasteiger partial charge >= 0.3 is 6.61 Å². The van der Waals surface area contributed by atoms with Gasteiger partial charge in [0, 0.05) is 23.7 Å². The summed E-state index contributed by atoms with van der Waals surface area (Å²) in [6, 6.07) is 3.76. The molecule has 2 aromatic rings.